The third-order valence-corrected chi connectivity index (χ3v) is 4.22. The highest BCUT2D eigenvalue weighted by Gasteiger charge is 2.14. The van der Waals surface area contributed by atoms with Gasteiger partial charge in [0.2, 0.25) is 5.13 Å². The van der Waals surface area contributed by atoms with E-state index in [0.717, 1.165) is 10.6 Å². The van der Waals surface area contributed by atoms with Crippen LogP contribution in [0.5, 0.6) is 0 Å². The molecule has 0 radical (unpaired) electrons. The van der Waals surface area contributed by atoms with Gasteiger partial charge >= 0.3 is 0 Å². The quantitative estimate of drug-likeness (QED) is 0.786. The summed E-state index contributed by atoms with van der Waals surface area (Å²) in [6.07, 6.45) is 0. The first-order valence-electron chi connectivity index (χ1n) is 7.21. The van der Waals surface area contributed by atoms with Crippen molar-refractivity contribution in [3.8, 4) is 10.6 Å². The first-order valence-corrected chi connectivity index (χ1v) is 8.03. The van der Waals surface area contributed by atoms with Crippen molar-refractivity contribution in [1.29, 1.82) is 0 Å². The topological polar surface area (TPSA) is 80.9 Å². The molecule has 0 bridgehead atoms. The molecule has 0 unspecified atom stereocenters. The van der Waals surface area contributed by atoms with Crippen LogP contribution in [0.25, 0.3) is 10.6 Å². The fourth-order valence-electron chi connectivity index (χ4n) is 2.04. The third kappa shape index (κ3) is 3.45. The monoisotopic (exact) mass is 328 g/mol. The summed E-state index contributed by atoms with van der Waals surface area (Å²) in [5, 5.41) is 15.7. The minimum absolute atomic E-state index is 0.223. The number of rotatable bonds is 4. The van der Waals surface area contributed by atoms with Crippen LogP contribution < -0.4 is 5.32 Å². The van der Waals surface area contributed by atoms with Crippen molar-refractivity contribution in [2.24, 2.45) is 0 Å². The molecule has 0 aliphatic heterocycles. The smallest absolute Gasteiger partial charge is 0.279 e. The molecule has 3 aromatic rings. The van der Waals surface area contributed by atoms with E-state index in [0.29, 0.717) is 16.8 Å². The number of benzene rings is 1. The van der Waals surface area contributed by atoms with Gasteiger partial charge in [0.25, 0.3) is 5.91 Å². The van der Waals surface area contributed by atoms with E-state index in [1.54, 1.807) is 13.0 Å². The van der Waals surface area contributed by atoms with Crippen LogP contribution in [0, 0.1) is 6.92 Å². The van der Waals surface area contributed by atoms with Gasteiger partial charge in [-0.2, -0.15) is 0 Å². The van der Waals surface area contributed by atoms with Crippen LogP contribution >= 0.6 is 11.3 Å². The third-order valence-electron chi connectivity index (χ3n) is 3.33. The molecule has 0 aliphatic carbocycles. The highest BCUT2D eigenvalue weighted by atomic mass is 32.1. The van der Waals surface area contributed by atoms with Gasteiger partial charge in [0, 0.05) is 11.6 Å². The molecule has 1 N–H and O–H groups in total. The van der Waals surface area contributed by atoms with E-state index in [9.17, 15) is 4.79 Å². The number of nitrogens with zero attached hydrogens (tertiary/aromatic N) is 3. The molecule has 0 saturated carbocycles. The minimum atomic E-state index is -0.361. The fourth-order valence-corrected chi connectivity index (χ4v) is 2.78. The Labute approximate surface area is 137 Å². The Kier molecular flexibility index (Phi) is 4.20. The number of aryl methyl sites for hydroxylation is 1. The van der Waals surface area contributed by atoms with E-state index >= 15 is 0 Å². The van der Waals surface area contributed by atoms with Crippen molar-refractivity contribution in [3.05, 3.63) is 47.3 Å². The summed E-state index contributed by atoms with van der Waals surface area (Å²) in [5.41, 5.74) is 2.47. The Morgan fingerprint density at radius 2 is 1.96 bits per heavy atom. The maximum Gasteiger partial charge on any atom is 0.279 e. The molecule has 2 aromatic heterocycles. The lowest BCUT2D eigenvalue weighted by Gasteiger charge is -2.04. The van der Waals surface area contributed by atoms with Crippen molar-refractivity contribution in [2.75, 3.05) is 5.32 Å². The molecular formula is C16H16N4O2S. The predicted octanol–water partition coefficient (Wildman–Crippen LogP) is 3.88. The summed E-state index contributed by atoms with van der Waals surface area (Å²) >= 11 is 1.32. The summed E-state index contributed by atoms with van der Waals surface area (Å²) in [4.78, 5) is 12.0. The van der Waals surface area contributed by atoms with Gasteiger partial charge in [-0.3, -0.25) is 10.1 Å². The van der Waals surface area contributed by atoms with E-state index in [1.807, 2.05) is 12.1 Å². The molecule has 0 spiro atoms. The standard InChI is InChI=1S/C16H16N4O2S/c1-9(2)11-4-6-12(7-5-11)15-18-19-16(23-15)17-14(21)13-8-10(3)22-20-13/h4-9H,1-3H3,(H,17,19,21). The summed E-state index contributed by atoms with van der Waals surface area (Å²) in [7, 11) is 0. The van der Waals surface area contributed by atoms with E-state index in [2.05, 4.69) is 46.7 Å². The maximum atomic E-state index is 12.0. The SMILES string of the molecule is Cc1cc(C(=O)Nc2nnc(-c3ccc(C(C)C)cc3)s2)no1. The first kappa shape index (κ1) is 15.4. The van der Waals surface area contributed by atoms with Gasteiger partial charge in [-0.05, 0) is 18.4 Å². The van der Waals surface area contributed by atoms with Crippen LogP contribution in [0.3, 0.4) is 0 Å². The van der Waals surface area contributed by atoms with Crippen molar-refractivity contribution in [2.45, 2.75) is 26.7 Å². The van der Waals surface area contributed by atoms with E-state index in [1.165, 1.54) is 16.9 Å². The molecule has 1 amide bonds. The molecule has 3 rings (SSSR count). The summed E-state index contributed by atoms with van der Waals surface area (Å²) in [6.45, 7) is 6.03. The Bertz CT molecular complexity index is 821. The van der Waals surface area contributed by atoms with Crippen molar-refractivity contribution < 1.29 is 9.32 Å². The lowest BCUT2D eigenvalue weighted by molar-refractivity contribution is 0.101. The van der Waals surface area contributed by atoms with E-state index < -0.39 is 0 Å². The molecule has 23 heavy (non-hydrogen) atoms. The zero-order valence-electron chi connectivity index (χ0n) is 13.0. The average molecular weight is 328 g/mol. The van der Waals surface area contributed by atoms with Gasteiger partial charge in [-0.15, -0.1) is 10.2 Å². The first-order chi connectivity index (χ1) is 11.0. The van der Waals surface area contributed by atoms with Crippen molar-refractivity contribution in [3.63, 3.8) is 0 Å². The number of hydrogen-bond donors (Lipinski definition) is 1. The molecule has 0 saturated heterocycles. The number of nitrogens with one attached hydrogen (secondary N) is 1. The van der Waals surface area contributed by atoms with Crippen LogP contribution in [0.2, 0.25) is 0 Å². The normalized spacial score (nSPS) is 11.0. The minimum Gasteiger partial charge on any atom is -0.361 e. The molecule has 118 valence electrons. The molecule has 7 heteroatoms. The van der Waals surface area contributed by atoms with Crippen molar-refractivity contribution in [1.82, 2.24) is 15.4 Å². The Morgan fingerprint density at radius 1 is 1.22 bits per heavy atom. The summed E-state index contributed by atoms with van der Waals surface area (Å²) < 4.78 is 4.88. The average Bonchev–Trinajstić information content (AvgIpc) is 3.16. The highest BCUT2D eigenvalue weighted by molar-refractivity contribution is 7.18. The fraction of sp³-hybridized carbons (Fsp3) is 0.250. The highest BCUT2D eigenvalue weighted by Crippen LogP contribution is 2.27. The van der Waals surface area contributed by atoms with Gasteiger partial charge < -0.3 is 4.52 Å². The lowest BCUT2D eigenvalue weighted by Crippen LogP contribution is -2.11. The molecule has 0 fully saturated rings. The van der Waals surface area contributed by atoms with Crippen LogP contribution in [-0.4, -0.2) is 21.3 Å². The molecule has 0 aliphatic rings. The molecular weight excluding hydrogens is 312 g/mol. The zero-order chi connectivity index (χ0) is 16.4. The van der Waals surface area contributed by atoms with Gasteiger partial charge in [0.05, 0.1) is 0 Å². The Morgan fingerprint density at radius 3 is 2.57 bits per heavy atom. The van der Waals surface area contributed by atoms with Gasteiger partial charge in [-0.1, -0.05) is 54.6 Å². The van der Waals surface area contributed by atoms with Crippen molar-refractivity contribution >= 4 is 22.4 Å². The number of aromatic nitrogens is 3. The number of hydrogen-bond acceptors (Lipinski definition) is 6. The van der Waals surface area contributed by atoms with Crippen LogP contribution in [0.1, 0.15) is 41.6 Å². The number of anilines is 1. The van der Waals surface area contributed by atoms with Crippen LogP contribution in [0.4, 0.5) is 5.13 Å². The summed E-state index contributed by atoms with van der Waals surface area (Å²) in [6, 6.07) is 9.77. The van der Waals surface area contributed by atoms with E-state index in [4.69, 9.17) is 4.52 Å². The maximum absolute atomic E-state index is 12.0. The van der Waals surface area contributed by atoms with Gasteiger partial charge in [0.1, 0.15) is 10.8 Å². The van der Waals surface area contributed by atoms with E-state index in [-0.39, 0.29) is 11.6 Å². The molecule has 2 heterocycles. The largest absolute Gasteiger partial charge is 0.361 e. The molecule has 6 nitrogen and oxygen atoms in total. The molecule has 0 atom stereocenters. The van der Waals surface area contributed by atoms with Gasteiger partial charge in [-0.25, -0.2) is 0 Å². The number of carbonyl (C=O) groups excluding carboxylic acids is 1. The predicted molar refractivity (Wildman–Crippen MR) is 88.6 cm³/mol. The van der Waals surface area contributed by atoms with Crippen LogP contribution in [-0.2, 0) is 0 Å². The second-order valence-electron chi connectivity index (χ2n) is 5.47. The second kappa shape index (κ2) is 6.29. The van der Waals surface area contributed by atoms with Crippen LogP contribution in [0.15, 0.2) is 34.9 Å². The molecule has 1 aromatic carbocycles. The Hall–Kier alpha value is -2.54. The van der Waals surface area contributed by atoms with Gasteiger partial charge in [0.15, 0.2) is 5.69 Å². The second-order valence-corrected chi connectivity index (χ2v) is 6.44. The summed E-state index contributed by atoms with van der Waals surface area (Å²) in [5.74, 6) is 0.706. The zero-order valence-corrected chi connectivity index (χ0v) is 13.8. The number of carbonyl (C=O) groups is 1. The number of amides is 1. The lowest BCUT2D eigenvalue weighted by atomic mass is 10.0. The Balaban J connectivity index is 1.74.